The molecule has 0 saturated carbocycles. The van der Waals surface area contributed by atoms with E-state index in [4.69, 9.17) is 0 Å². The molecule has 1 rings (SSSR count). The molecule has 0 aromatic rings. The minimum Gasteiger partial charge on any atom is -0.315 e. The second-order valence-corrected chi connectivity index (χ2v) is 6.22. The molecule has 0 aromatic heterocycles. The molecule has 1 aliphatic heterocycles. The average molecular weight is 263 g/mol. The monoisotopic (exact) mass is 263 g/mol. The van der Waals surface area contributed by atoms with E-state index in [1.165, 1.54) is 0 Å². The Hall–Kier alpha value is -0.170. The molecule has 0 aliphatic carbocycles. The Morgan fingerprint density at radius 3 is 2.65 bits per heavy atom. The topological polar surface area (TPSA) is 61.4 Å². The van der Waals surface area contributed by atoms with Crippen molar-refractivity contribution in [3.05, 3.63) is 0 Å². The first-order valence-electron chi connectivity index (χ1n) is 6.59. The van der Waals surface area contributed by atoms with Gasteiger partial charge in [-0.15, -0.1) is 0 Å². The molecule has 5 nitrogen and oxygen atoms in total. The van der Waals surface area contributed by atoms with Crippen LogP contribution in [0.15, 0.2) is 0 Å². The van der Waals surface area contributed by atoms with Crippen LogP contribution in [0.25, 0.3) is 0 Å². The number of nitrogens with zero attached hydrogens (tertiary/aromatic N) is 1. The van der Waals surface area contributed by atoms with Crippen molar-refractivity contribution >= 4 is 10.2 Å². The first-order chi connectivity index (χ1) is 8.11. The highest BCUT2D eigenvalue weighted by Gasteiger charge is 2.29. The van der Waals surface area contributed by atoms with Crippen molar-refractivity contribution in [2.75, 3.05) is 26.2 Å². The van der Waals surface area contributed by atoms with Gasteiger partial charge in [-0.05, 0) is 32.2 Å². The van der Waals surface area contributed by atoms with Gasteiger partial charge < -0.3 is 5.32 Å². The van der Waals surface area contributed by atoms with Crippen LogP contribution in [0.5, 0.6) is 0 Å². The predicted octanol–water partition coefficient (Wildman–Crippen LogP) is 0.695. The summed E-state index contributed by atoms with van der Waals surface area (Å²) in [5.41, 5.74) is 0. The molecule has 1 heterocycles. The number of piperidine rings is 1. The maximum Gasteiger partial charge on any atom is 0.279 e. The van der Waals surface area contributed by atoms with E-state index in [0.29, 0.717) is 13.1 Å². The van der Waals surface area contributed by atoms with Gasteiger partial charge in [0.25, 0.3) is 10.2 Å². The number of rotatable bonds is 7. The third-order valence-electron chi connectivity index (χ3n) is 2.97. The number of hydrogen-bond acceptors (Lipinski definition) is 3. The highest BCUT2D eigenvalue weighted by Crippen LogP contribution is 2.14. The molecule has 1 fully saturated rings. The SMILES string of the molecule is CCCNS(=O)(=O)N(CCC)C1CCCNC1. The third-order valence-corrected chi connectivity index (χ3v) is 4.63. The van der Waals surface area contributed by atoms with Gasteiger partial charge in [-0.3, -0.25) is 0 Å². The molecule has 2 N–H and O–H groups in total. The predicted molar refractivity (Wildman–Crippen MR) is 70.1 cm³/mol. The molecule has 1 atom stereocenters. The third kappa shape index (κ3) is 4.54. The largest absolute Gasteiger partial charge is 0.315 e. The smallest absolute Gasteiger partial charge is 0.279 e. The second-order valence-electron chi connectivity index (χ2n) is 4.51. The van der Waals surface area contributed by atoms with Gasteiger partial charge in [0.15, 0.2) is 0 Å². The Morgan fingerprint density at radius 1 is 1.35 bits per heavy atom. The summed E-state index contributed by atoms with van der Waals surface area (Å²) in [6.45, 7) is 6.87. The lowest BCUT2D eigenvalue weighted by Gasteiger charge is -2.33. The van der Waals surface area contributed by atoms with Crippen molar-refractivity contribution in [1.29, 1.82) is 0 Å². The maximum absolute atomic E-state index is 12.2. The van der Waals surface area contributed by atoms with Crippen LogP contribution in [0.1, 0.15) is 39.5 Å². The van der Waals surface area contributed by atoms with Gasteiger partial charge in [-0.2, -0.15) is 12.7 Å². The highest BCUT2D eigenvalue weighted by atomic mass is 32.2. The lowest BCUT2D eigenvalue weighted by atomic mass is 10.1. The van der Waals surface area contributed by atoms with Crippen molar-refractivity contribution in [2.45, 2.75) is 45.6 Å². The average Bonchev–Trinajstić information content (AvgIpc) is 2.34. The molecule has 1 aliphatic rings. The Morgan fingerprint density at radius 2 is 2.12 bits per heavy atom. The molecule has 0 amide bonds. The summed E-state index contributed by atoms with van der Waals surface area (Å²) in [5.74, 6) is 0. The van der Waals surface area contributed by atoms with Crippen LogP contribution in [0.2, 0.25) is 0 Å². The second kappa shape index (κ2) is 7.31. The number of nitrogens with one attached hydrogen (secondary N) is 2. The Bertz CT molecular complexity index is 300. The fourth-order valence-electron chi connectivity index (χ4n) is 2.11. The van der Waals surface area contributed by atoms with Gasteiger partial charge in [-0.1, -0.05) is 13.8 Å². The van der Waals surface area contributed by atoms with Crippen molar-refractivity contribution in [2.24, 2.45) is 0 Å². The van der Waals surface area contributed by atoms with Crippen LogP contribution in [0, 0.1) is 0 Å². The minimum atomic E-state index is -3.30. The Labute approximate surface area is 105 Å². The van der Waals surface area contributed by atoms with Crippen molar-refractivity contribution in [3.8, 4) is 0 Å². The molecule has 102 valence electrons. The van der Waals surface area contributed by atoms with E-state index in [9.17, 15) is 8.42 Å². The molecule has 1 saturated heterocycles. The Kier molecular flexibility index (Phi) is 6.40. The zero-order chi connectivity index (χ0) is 12.7. The molecule has 17 heavy (non-hydrogen) atoms. The van der Waals surface area contributed by atoms with Crippen LogP contribution in [0.3, 0.4) is 0 Å². The fourth-order valence-corrected chi connectivity index (χ4v) is 3.74. The summed E-state index contributed by atoms with van der Waals surface area (Å²) < 4.78 is 28.6. The summed E-state index contributed by atoms with van der Waals surface area (Å²) >= 11 is 0. The van der Waals surface area contributed by atoms with Gasteiger partial charge in [0.05, 0.1) is 0 Å². The molecule has 0 aromatic carbocycles. The van der Waals surface area contributed by atoms with Crippen molar-refractivity contribution in [3.63, 3.8) is 0 Å². The molecular weight excluding hydrogens is 238 g/mol. The van der Waals surface area contributed by atoms with E-state index in [0.717, 1.165) is 38.8 Å². The summed E-state index contributed by atoms with van der Waals surface area (Å²) in [7, 11) is -3.30. The lowest BCUT2D eigenvalue weighted by Crippen LogP contribution is -2.52. The van der Waals surface area contributed by atoms with E-state index >= 15 is 0 Å². The van der Waals surface area contributed by atoms with Crippen LogP contribution in [0.4, 0.5) is 0 Å². The molecule has 1 unspecified atom stereocenters. The quantitative estimate of drug-likeness (QED) is 0.710. The van der Waals surface area contributed by atoms with Crippen LogP contribution in [-0.2, 0) is 10.2 Å². The lowest BCUT2D eigenvalue weighted by molar-refractivity contribution is 0.263. The molecule has 0 radical (unpaired) electrons. The van der Waals surface area contributed by atoms with Gasteiger partial charge in [0, 0.05) is 25.7 Å². The van der Waals surface area contributed by atoms with Gasteiger partial charge in [0.2, 0.25) is 0 Å². The Balaban J connectivity index is 2.68. The normalized spacial score (nSPS) is 21.9. The number of hydrogen-bond donors (Lipinski definition) is 2. The standard InChI is InChI=1S/C11H25N3O2S/c1-3-7-13-17(15,16)14(9-4-2)11-6-5-8-12-10-11/h11-13H,3-10H2,1-2H3. The van der Waals surface area contributed by atoms with E-state index in [-0.39, 0.29) is 6.04 Å². The minimum absolute atomic E-state index is 0.109. The molecule has 6 heteroatoms. The molecule has 0 spiro atoms. The van der Waals surface area contributed by atoms with E-state index in [2.05, 4.69) is 10.0 Å². The zero-order valence-corrected chi connectivity index (χ0v) is 11.7. The molecule has 0 bridgehead atoms. The summed E-state index contributed by atoms with van der Waals surface area (Å²) in [6, 6.07) is 0.109. The van der Waals surface area contributed by atoms with Gasteiger partial charge in [0.1, 0.15) is 0 Å². The van der Waals surface area contributed by atoms with Crippen molar-refractivity contribution in [1.82, 2.24) is 14.3 Å². The van der Waals surface area contributed by atoms with E-state index < -0.39 is 10.2 Å². The maximum atomic E-state index is 12.2. The first kappa shape index (κ1) is 14.9. The first-order valence-corrected chi connectivity index (χ1v) is 8.03. The van der Waals surface area contributed by atoms with Gasteiger partial charge >= 0.3 is 0 Å². The van der Waals surface area contributed by atoms with Crippen LogP contribution in [-0.4, -0.2) is 44.9 Å². The highest BCUT2D eigenvalue weighted by molar-refractivity contribution is 7.87. The summed E-state index contributed by atoms with van der Waals surface area (Å²) in [6.07, 6.45) is 3.68. The summed E-state index contributed by atoms with van der Waals surface area (Å²) in [5, 5.41) is 3.27. The van der Waals surface area contributed by atoms with E-state index in [1.807, 2.05) is 13.8 Å². The van der Waals surface area contributed by atoms with Crippen LogP contribution < -0.4 is 10.0 Å². The van der Waals surface area contributed by atoms with E-state index in [1.54, 1.807) is 4.31 Å². The summed E-state index contributed by atoms with van der Waals surface area (Å²) in [4.78, 5) is 0. The zero-order valence-electron chi connectivity index (χ0n) is 10.9. The van der Waals surface area contributed by atoms with Gasteiger partial charge in [-0.25, -0.2) is 4.72 Å². The fraction of sp³-hybridized carbons (Fsp3) is 1.00. The van der Waals surface area contributed by atoms with Crippen molar-refractivity contribution < 1.29 is 8.42 Å². The van der Waals surface area contributed by atoms with Crippen LogP contribution >= 0.6 is 0 Å². The molecular formula is C11H25N3O2S.